The van der Waals surface area contributed by atoms with E-state index in [-0.39, 0.29) is 29.6 Å². The van der Waals surface area contributed by atoms with Crippen molar-refractivity contribution >= 4 is 17.6 Å². The average Bonchev–Trinajstić information content (AvgIpc) is 2.94. The van der Waals surface area contributed by atoms with Gasteiger partial charge in [0.25, 0.3) is 0 Å². The molecular weight excluding hydrogens is 363 g/mol. The van der Waals surface area contributed by atoms with Gasteiger partial charge in [-0.1, -0.05) is 18.5 Å². The number of carboxylic acid groups (broad SMARTS) is 1. The number of aromatic nitrogens is 4. The molecule has 0 saturated carbocycles. The molecular formula is C14H15ClF3N5O2. The minimum atomic E-state index is -4.65. The van der Waals surface area contributed by atoms with E-state index in [9.17, 15) is 18.0 Å². The van der Waals surface area contributed by atoms with Crippen molar-refractivity contribution < 1.29 is 23.1 Å². The van der Waals surface area contributed by atoms with Crippen molar-refractivity contribution in [1.82, 2.24) is 25.1 Å². The van der Waals surface area contributed by atoms with Gasteiger partial charge in [-0.05, 0) is 41.6 Å². The lowest BCUT2D eigenvalue weighted by Gasteiger charge is -2.19. The van der Waals surface area contributed by atoms with E-state index in [1.165, 1.54) is 17.0 Å². The summed E-state index contributed by atoms with van der Waals surface area (Å²) >= 11 is 5.67. The van der Waals surface area contributed by atoms with Gasteiger partial charge in [0, 0.05) is 5.02 Å². The summed E-state index contributed by atoms with van der Waals surface area (Å²) in [6, 6.07) is 3.27. The van der Waals surface area contributed by atoms with E-state index in [2.05, 4.69) is 15.5 Å². The number of rotatable bonds is 7. The van der Waals surface area contributed by atoms with Crippen molar-refractivity contribution in [3.05, 3.63) is 34.6 Å². The molecule has 11 heteroatoms. The fraction of sp³-hybridized carbons (Fsp3) is 0.429. The van der Waals surface area contributed by atoms with Crippen molar-refractivity contribution in [2.45, 2.75) is 26.1 Å². The molecule has 0 aliphatic heterocycles. The Balaban J connectivity index is 2.40. The highest BCUT2D eigenvalue weighted by atomic mass is 35.5. The van der Waals surface area contributed by atoms with Gasteiger partial charge in [0.2, 0.25) is 0 Å². The summed E-state index contributed by atoms with van der Waals surface area (Å²) in [5.41, 5.74) is -1.25. The van der Waals surface area contributed by atoms with Crippen LogP contribution in [0.15, 0.2) is 18.2 Å². The predicted octanol–water partition coefficient (Wildman–Crippen LogP) is 2.63. The van der Waals surface area contributed by atoms with Crippen LogP contribution in [0.4, 0.5) is 13.2 Å². The van der Waals surface area contributed by atoms with Crippen LogP contribution in [0.25, 0.3) is 5.69 Å². The minimum Gasteiger partial charge on any atom is -0.480 e. The molecule has 0 spiro atoms. The van der Waals surface area contributed by atoms with Crippen LogP contribution >= 0.6 is 11.6 Å². The van der Waals surface area contributed by atoms with Crippen LogP contribution in [0.5, 0.6) is 0 Å². The molecule has 0 saturated heterocycles. The summed E-state index contributed by atoms with van der Waals surface area (Å²) in [6.07, 6.45) is -3.97. The van der Waals surface area contributed by atoms with Gasteiger partial charge in [-0.25, -0.2) is 0 Å². The number of halogens is 4. The highest BCUT2D eigenvalue weighted by molar-refractivity contribution is 6.30. The van der Waals surface area contributed by atoms with E-state index in [1.807, 2.05) is 6.92 Å². The first-order valence-electron chi connectivity index (χ1n) is 7.31. The van der Waals surface area contributed by atoms with E-state index in [4.69, 9.17) is 16.7 Å². The Kier molecular flexibility index (Phi) is 5.96. The van der Waals surface area contributed by atoms with E-state index in [0.717, 1.165) is 10.7 Å². The second kappa shape index (κ2) is 7.79. The molecule has 1 heterocycles. The lowest BCUT2D eigenvalue weighted by molar-refractivity contribution is -0.138. The first kappa shape index (κ1) is 19.1. The number of carbonyl (C=O) groups is 1. The first-order chi connectivity index (χ1) is 11.7. The maximum absolute atomic E-state index is 13.3. The number of benzene rings is 1. The molecule has 0 aliphatic rings. The smallest absolute Gasteiger partial charge is 0.418 e. The number of nitrogens with zero attached hydrogens (tertiary/aromatic N) is 5. The van der Waals surface area contributed by atoms with Crippen LogP contribution in [0.3, 0.4) is 0 Å². The van der Waals surface area contributed by atoms with Crippen molar-refractivity contribution in [2.75, 3.05) is 13.1 Å². The van der Waals surface area contributed by atoms with Gasteiger partial charge in [0.05, 0.1) is 24.3 Å². The summed E-state index contributed by atoms with van der Waals surface area (Å²) in [7, 11) is 0. The Morgan fingerprint density at radius 3 is 2.72 bits per heavy atom. The Morgan fingerprint density at radius 2 is 2.12 bits per heavy atom. The number of alkyl halides is 3. The standard InChI is InChI=1S/C14H15ClF3N5O2/c1-2-5-22(8-13(24)25)7-12-19-20-21-23(12)11-4-3-9(15)6-10(11)14(16,17)18/h3-4,6H,2,5,7-8H2,1H3,(H,24,25). The molecule has 0 radical (unpaired) electrons. The first-order valence-corrected chi connectivity index (χ1v) is 7.68. The van der Waals surface area contributed by atoms with Crippen LogP contribution in [0.2, 0.25) is 5.02 Å². The predicted molar refractivity (Wildman–Crippen MR) is 82.4 cm³/mol. The van der Waals surface area contributed by atoms with E-state index >= 15 is 0 Å². The van der Waals surface area contributed by atoms with E-state index in [0.29, 0.717) is 13.0 Å². The van der Waals surface area contributed by atoms with Crippen molar-refractivity contribution in [2.24, 2.45) is 0 Å². The number of tetrazole rings is 1. The lowest BCUT2D eigenvalue weighted by atomic mass is 10.1. The van der Waals surface area contributed by atoms with Crippen LogP contribution < -0.4 is 0 Å². The maximum atomic E-state index is 13.3. The summed E-state index contributed by atoms with van der Waals surface area (Å²) in [4.78, 5) is 12.5. The van der Waals surface area contributed by atoms with Crippen LogP contribution in [0.1, 0.15) is 24.7 Å². The summed E-state index contributed by atoms with van der Waals surface area (Å²) in [5, 5.41) is 19.7. The van der Waals surface area contributed by atoms with E-state index in [1.54, 1.807) is 0 Å². The molecule has 1 aromatic carbocycles. The summed E-state index contributed by atoms with van der Waals surface area (Å²) in [5.74, 6) is -0.947. The molecule has 0 amide bonds. The third kappa shape index (κ3) is 4.89. The highest BCUT2D eigenvalue weighted by Crippen LogP contribution is 2.35. The monoisotopic (exact) mass is 377 g/mol. The number of carboxylic acids is 1. The Labute approximate surface area is 146 Å². The van der Waals surface area contributed by atoms with Crippen LogP contribution in [-0.2, 0) is 17.5 Å². The fourth-order valence-electron chi connectivity index (χ4n) is 2.33. The van der Waals surface area contributed by atoms with Crippen molar-refractivity contribution in [1.29, 1.82) is 0 Å². The van der Waals surface area contributed by atoms with Crippen molar-refractivity contribution in [3.8, 4) is 5.69 Å². The molecule has 1 aromatic heterocycles. The molecule has 0 unspecified atom stereocenters. The SMILES string of the molecule is CCCN(CC(=O)O)Cc1nnnn1-c1ccc(Cl)cc1C(F)(F)F. The lowest BCUT2D eigenvalue weighted by Crippen LogP contribution is -2.31. The molecule has 136 valence electrons. The van der Waals surface area contributed by atoms with Gasteiger partial charge in [-0.3, -0.25) is 9.69 Å². The Bertz CT molecular complexity index is 750. The topological polar surface area (TPSA) is 84.1 Å². The van der Waals surface area contributed by atoms with Crippen LogP contribution in [-0.4, -0.2) is 49.3 Å². The maximum Gasteiger partial charge on any atom is 0.418 e. The summed E-state index contributed by atoms with van der Waals surface area (Å²) in [6.45, 7) is 2.02. The number of aliphatic carboxylic acids is 1. The fourth-order valence-corrected chi connectivity index (χ4v) is 2.51. The zero-order valence-electron chi connectivity index (χ0n) is 13.2. The second-order valence-electron chi connectivity index (χ2n) is 5.27. The van der Waals surface area contributed by atoms with Crippen LogP contribution in [0, 0.1) is 0 Å². The zero-order valence-corrected chi connectivity index (χ0v) is 13.9. The quantitative estimate of drug-likeness (QED) is 0.798. The summed E-state index contributed by atoms with van der Waals surface area (Å²) < 4.78 is 40.8. The molecule has 7 nitrogen and oxygen atoms in total. The molecule has 2 rings (SSSR count). The molecule has 0 aliphatic carbocycles. The minimum absolute atomic E-state index is 0.00688. The third-order valence-corrected chi connectivity index (χ3v) is 3.53. The molecule has 2 aromatic rings. The molecule has 0 bridgehead atoms. The Morgan fingerprint density at radius 1 is 1.40 bits per heavy atom. The molecule has 0 atom stereocenters. The normalized spacial score (nSPS) is 11.9. The molecule has 0 fully saturated rings. The van der Waals surface area contributed by atoms with Gasteiger partial charge in [-0.15, -0.1) is 5.10 Å². The van der Waals surface area contributed by atoms with Crippen molar-refractivity contribution in [3.63, 3.8) is 0 Å². The molecule has 25 heavy (non-hydrogen) atoms. The van der Waals surface area contributed by atoms with Gasteiger partial charge >= 0.3 is 12.1 Å². The average molecular weight is 378 g/mol. The third-order valence-electron chi connectivity index (χ3n) is 3.29. The molecule has 1 N–H and O–H groups in total. The van der Waals surface area contributed by atoms with Gasteiger partial charge < -0.3 is 5.11 Å². The Hall–Kier alpha value is -2.20. The van der Waals surface area contributed by atoms with Gasteiger partial charge in [0.1, 0.15) is 0 Å². The van der Waals surface area contributed by atoms with Gasteiger partial charge in [-0.2, -0.15) is 17.9 Å². The second-order valence-corrected chi connectivity index (χ2v) is 5.71. The number of hydrogen-bond acceptors (Lipinski definition) is 5. The zero-order chi connectivity index (χ0) is 18.6. The van der Waals surface area contributed by atoms with E-state index < -0.39 is 17.7 Å². The highest BCUT2D eigenvalue weighted by Gasteiger charge is 2.35. The largest absolute Gasteiger partial charge is 0.480 e. The number of hydrogen-bond donors (Lipinski definition) is 1. The van der Waals surface area contributed by atoms with Gasteiger partial charge in [0.15, 0.2) is 5.82 Å².